The van der Waals surface area contributed by atoms with Crippen LogP contribution in [0.3, 0.4) is 0 Å². The fourth-order valence-corrected chi connectivity index (χ4v) is 1.03. The van der Waals surface area contributed by atoms with E-state index in [1.165, 1.54) is 5.56 Å². The molecule has 0 aliphatic heterocycles. The maximum Gasteiger partial charge on any atom is 0.0921 e. The number of benzene rings is 1. The molecule has 0 unspecified atom stereocenters. The van der Waals surface area contributed by atoms with Gasteiger partial charge >= 0.3 is 0 Å². The van der Waals surface area contributed by atoms with Gasteiger partial charge in [-0.25, -0.2) is 0 Å². The predicted octanol–water partition coefficient (Wildman–Crippen LogP) is 1.69. The second-order valence-electron chi connectivity index (χ2n) is 2.63. The van der Waals surface area contributed by atoms with Crippen LogP contribution in [0.4, 0.5) is 5.69 Å². The van der Waals surface area contributed by atoms with E-state index < -0.39 is 0 Å². The van der Waals surface area contributed by atoms with Crippen LogP contribution in [0.5, 0.6) is 0 Å². The van der Waals surface area contributed by atoms with Gasteiger partial charge in [0.2, 0.25) is 0 Å². The Morgan fingerprint density at radius 2 is 2.17 bits per heavy atom. The van der Waals surface area contributed by atoms with Crippen molar-refractivity contribution in [2.75, 3.05) is 11.9 Å². The van der Waals surface area contributed by atoms with Gasteiger partial charge in [0.1, 0.15) is 0 Å². The molecule has 0 saturated heterocycles. The van der Waals surface area contributed by atoms with Crippen molar-refractivity contribution in [1.82, 2.24) is 0 Å². The molecule has 2 nitrogen and oxygen atoms in total. The lowest BCUT2D eigenvalue weighted by Gasteiger charge is -2.07. The lowest BCUT2D eigenvalue weighted by Crippen LogP contribution is -2.20. The molecule has 12 heavy (non-hydrogen) atoms. The van der Waals surface area contributed by atoms with Crippen molar-refractivity contribution in [3.63, 3.8) is 0 Å². The molecule has 0 aliphatic rings. The van der Waals surface area contributed by atoms with Crippen LogP contribution in [-0.4, -0.2) is 11.5 Å². The van der Waals surface area contributed by atoms with Crippen molar-refractivity contribution in [2.24, 2.45) is 5.73 Å². The smallest absolute Gasteiger partial charge is 0.0921 e. The van der Waals surface area contributed by atoms with Crippen LogP contribution in [-0.2, 0) is 0 Å². The van der Waals surface area contributed by atoms with Gasteiger partial charge in [0.05, 0.1) is 11.5 Å². The molecule has 0 bridgehead atoms. The van der Waals surface area contributed by atoms with Crippen LogP contribution >= 0.6 is 12.2 Å². The number of para-hydroxylation sites is 1. The molecule has 1 rings (SSSR count). The lowest BCUT2D eigenvalue weighted by atomic mass is 10.2. The molecule has 0 fully saturated rings. The van der Waals surface area contributed by atoms with E-state index in [0.717, 1.165) is 5.69 Å². The van der Waals surface area contributed by atoms with E-state index in [1.807, 2.05) is 31.2 Å². The Kier molecular flexibility index (Phi) is 3.05. The Labute approximate surface area is 77.8 Å². The molecule has 0 aromatic heterocycles. The number of rotatable bonds is 3. The Hall–Kier alpha value is -1.09. The number of hydrogen-bond donors (Lipinski definition) is 2. The van der Waals surface area contributed by atoms with E-state index in [2.05, 4.69) is 5.32 Å². The lowest BCUT2D eigenvalue weighted by molar-refractivity contribution is 1.34. The summed E-state index contributed by atoms with van der Waals surface area (Å²) >= 11 is 4.75. The van der Waals surface area contributed by atoms with E-state index in [0.29, 0.717) is 11.5 Å². The molecule has 64 valence electrons. The Balaban J connectivity index is 2.63. The summed E-state index contributed by atoms with van der Waals surface area (Å²) in [4.78, 5) is 0.484. The number of hydrogen-bond acceptors (Lipinski definition) is 2. The molecular formula is C9H12N2S. The first kappa shape index (κ1) is 9.00. The summed E-state index contributed by atoms with van der Waals surface area (Å²) in [7, 11) is 0. The maximum absolute atomic E-state index is 5.36. The molecule has 0 radical (unpaired) electrons. The molecule has 0 saturated carbocycles. The fourth-order valence-electron chi connectivity index (χ4n) is 0.954. The highest BCUT2D eigenvalue weighted by Gasteiger charge is 1.94. The van der Waals surface area contributed by atoms with Gasteiger partial charge < -0.3 is 11.1 Å². The van der Waals surface area contributed by atoms with Crippen molar-refractivity contribution >= 4 is 22.9 Å². The normalized spacial score (nSPS) is 9.42. The average molecular weight is 180 g/mol. The van der Waals surface area contributed by atoms with E-state index in [9.17, 15) is 0 Å². The zero-order valence-corrected chi connectivity index (χ0v) is 7.82. The van der Waals surface area contributed by atoms with Gasteiger partial charge in [0, 0.05) is 5.69 Å². The summed E-state index contributed by atoms with van der Waals surface area (Å²) in [5, 5.41) is 3.15. The van der Waals surface area contributed by atoms with Gasteiger partial charge in [-0.15, -0.1) is 0 Å². The maximum atomic E-state index is 5.36. The minimum atomic E-state index is 0.484. The Morgan fingerprint density at radius 3 is 2.75 bits per heavy atom. The van der Waals surface area contributed by atoms with Crippen LogP contribution in [0, 0.1) is 6.92 Å². The molecule has 0 atom stereocenters. The third-order valence-corrected chi connectivity index (χ3v) is 1.74. The van der Waals surface area contributed by atoms with Crippen molar-refractivity contribution < 1.29 is 0 Å². The largest absolute Gasteiger partial charge is 0.392 e. The highest BCUT2D eigenvalue weighted by Crippen LogP contribution is 2.11. The third-order valence-electron chi connectivity index (χ3n) is 1.60. The van der Waals surface area contributed by atoms with E-state index in [-0.39, 0.29) is 0 Å². The first-order valence-corrected chi connectivity index (χ1v) is 4.19. The standard InChI is InChI=1S/C9H12N2S/c1-7-4-2-3-5-8(7)11-6-9(10)12/h2-5,11H,6H2,1H3,(H2,10,12). The second-order valence-corrected chi connectivity index (χ2v) is 3.16. The highest BCUT2D eigenvalue weighted by atomic mass is 32.1. The van der Waals surface area contributed by atoms with E-state index >= 15 is 0 Å². The van der Waals surface area contributed by atoms with Crippen LogP contribution in [0.15, 0.2) is 24.3 Å². The zero-order chi connectivity index (χ0) is 8.97. The quantitative estimate of drug-likeness (QED) is 0.695. The predicted molar refractivity (Wildman–Crippen MR) is 56.5 cm³/mol. The van der Waals surface area contributed by atoms with E-state index in [1.54, 1.807) is 0 Å². The first-order valence-electron chi connectivity index (χ1n) is 3.78. The highest BCUT2D eigenvalue weighted by molar-refractivity contribution is 7.80. The summed E-state index contributed by atoms with van der Waals surface area (Å²) in [6, 6.07) is 8.03. The minimum Gasteiger partial charge on any atom is -0.392 e. The molecule has 3 heteroatoms. The Morgan fingerprint density at radius 1 is 1.50 bits per heavy atom. The van der Waals surface area contributed by atoms with Gasteiger partial charge in [0.25, 0.3) is 0 Å². The third kappa shape index (κ3) is 2.51. The molecule has 0 heterocycles. The summed E-state index contributed by atoms with van der Waals surface area (Å²) in [5.41, 5.74) is 7.65. The fraction of sp³-hybridized carbons (Fsp3) is 0.222. The summed E-state index contributed by atoms with van der Waals surface area (Å²) < 4.78 is 0. The molecule has 0 amide bonds. The SMILES string of the molecule is Cc1ccccc1NCC(N)=S. The molecule has 0 spiro atoms. The molecule has 3 N–H and O–H groups in total. The van der Waals surface area contributed by atoms with Crippen molar-refractivity contribution in [3.05, 3.63) is 29.8 Å². The van der Waals surface area contributed by atoms with Crippen molar-refractivity contribution in [1.29, 1.82) is 0 Å². The summed E-state index contributed by atoms with van der Waals surface area (Å²) in [6.07, 6.45) is 0. The van der Waals surface area contributed by atoms with Crippen LogP contribution in [0.25, 0.3) is 0 Å². The van der Waals surface area contributed by atoms with Gasteiger partial charge in [0.15, 0.2) is 0 Å². The van der Waals surface area contributed by atoms with Crippen LogP contribution in [0.2, 0.25) is 0 Å². The van der Waals surface area contributed by atoms with Gasteiger partial charge in [-0.2, -0.15) is 0 Å². The Bertz CT molecular complexity index is 284. The van der Waals surface area contributed by atoms with Gasteiger partial charge in [-0.3, -0.25) is 0 Å². The monoisotopic (exact) mass is 180 g/mol. The molecule has 1 aromatic rings. The number of nitrogens with one attached hydrogen (secondary N) is 1. The molecular weight excluding hydrogens is 168 g/mol. The van der Waals surface area contributed by atoms with Crippen molar-refractivity contribution in [3.8, 4) is 0 Å². The first-order chi connectivity index (χ1) is 5.70. The van der Waals surface area contributed by atoms with Crippen molar-refractivity contribution in [2.45, 2.75) is 6.92 Å². The average Bonchev–Trinajstić information content (AvgIpc) is 2.03. The van der Waals surface area contributed by atoms with E-state index in [4.69, 9.17) is 18.0 Å². The minimum absolute atomic E-state index is 0.484. The number of aryl methyl sites for hydroxylation is 1. The van der Waals surface area contributed by atoms with Gasteiger partial charge in [-0.1, -0.05) is 30.4 Å². The summed E-state index contributed by atoms with van der Waals surface area (Å²) in [5.74, 6) is 0. The summed E-state index contributed by atoms with van der Waals surface area (Å²) in [6.45, 7) is 2.60. The molecule has 0 aliphatic carbocycles. The number of nitrogens with two attached hydrogens (primary N) is 1. The van der Waals surface area contributed by atoms with Gasteiger partial charge in [-0.05, 0) is 18.6 Å². The number of thiocarbonyl (C=S) groups is 1. The molecule has 1 aromatic carbocycles. The van der Waals surface area contributed by atoms with Crippen LogP contribution in [0.1, 0.15) is 5.56 Å². The zero-order valence-electron chi connectivity index (χ0n) is 7.00. The second kappa shape index (κ2) is 4.07. The topological polar surface area (TPSA) is 38.0 Å². The number of anilines is 1. The van der Waals surface area contributed by atoms with Crippen LogP contribution < -0.4 is 11.1 Å².